The van der Waals surface area contributed by atoms with Crippen LogP contribution < -0.4 is 5.32 Å². The maximum Gasteiger partial charge on any atom is 0.254 e. The minimum absolute atomic E-state index is 0.00986. The lowest BCUT2D eigenvalue weighted by atomic mass is 10.1. The van der Waals surface area contributed by atoms with Crippen molar-refractivity contribution in [2.75, 3.05) is 6.54 Å². The highest BCUT2D eigenvalue weighted by atomic mass is 19.1. The third-order valence-corrected chi connectivity index (χ3v) is 1.99. The summed E-state index contributed by atoms with van der Waals surface area (Å²) in [5.41, 5.74) is 0.440. The van der Waals surface area contributed by atoms with E-state index in [1.165, 1.54) is 6.07 Å². The molecule has 2 N–H and O–H groups in total. The van der Waals surface area contributed by atoms with Crippen LogP contribution in [0.1, 0.15) is 22.8 Å². The molecule has 0 saturated carbocycles. The predicted molar refractivity (Wildman–Crippen MR) is 55.2 cm³/mol. The summed E-state index contributed by atoms with van der Waals surface area (Å²) < 4.78 is 13.5. The van der Waals surface area contributed by atoms with Crippen molar-refractivity contribution >= 4 is 5.91 Å². The average Bonchev–Trinajstić information content (AvgIpc) is 2.18. The zero-order valence-corrected chi connectivity index (χ0v) is 8.75. The SMILES string of the molecule is Cc1cccc(C(=O)NC[C@@H](C)O)c1F. The Hall–Kier alpha value is -1.42. The monoisotopic (exact) mass is 211 g/mol. The molecule has 1 aromatic carbocycles. The molecule has 3 nitrogen and oxygen atoms in total. The minimum Gasteiger partial charge on any atom is -0.392 e. The van der Waals surface area contributed by atoms with E-state index in [4.69, 9.17) is 5.11 Å². The number of carbonyl (C=O) groups excluding carboxylic acids is 1. The third-order valence-electron chi connectivity index (χ3n) is 1.99. The van der Waals surface area contributed by atoms with Crippen LogP contribution in [-0.4, -0.2) is 23.7 Å². The number of benzene rings is 1. The van der Waals surface area contributed by atoms with Crippen LogP contribution in [0.25, 0.3) is 0 Å². The molecule has 1 atom stereocenters. The van der Waals surface area contributed by atoms with Gasteiger partial charge < -0.3 is 10.4 Å². The number of nitrogens with one attached hydrogen (secondary N) is 1. The van der Waals surface area contributed by atoms with Gasteiger partial charge in [-0.3, -0.25) is 4.79 Å². The highest BCUT2D eigenvalue weighted by Gasteiger charge is 2.12. The van der Waals surface area contributed by atoms with E-state index in [0.717, 1.165) is 0 Å². The largest absolute Gasteiger partial charge is 0.392 e. The number of rotatable bonds is 3. The zero-order valence-electron chi connectivity index (χ0n) is 8.75. The summed E-state index contributed by atoms with van der Waals surface area (Å²) in [7, 11) is 0. The summed E-state index contributed by atoms with van der Waals surface area (Å²) in [5, 5.41) is 11.4. The normalized spacial score (nSPS) is 12.3. The molecular formula is C11H14FNO2. The van der Waals surface area contributed by atoms with Gasteiger partial charge in [-0.15, -0.1) is 0 Å². The Labute approximate surface area is 87.9 Å². The quantitative estimate of drug-likeness (QED) is 0.790. The highest BCUT2D eigenvalue weighted by molar-refractivity contribution is 5.94. The third kappa shape index (κ3) is 3.02. The second-order valence-corrected chi connectivity index (χ2v) is 3.50. The number of aliphatic hydroxyl groups is 1. The van der Waals surface area contributed by atoms with E-state index in [0.29, 0.717) is 5.56 Å². The lowest BCUT2D eigenvalue weighted by Crippen LogP contribution is -2.31. The maximum absolute atomic E-state index is 13.5. The first-order chi connectivity index (χ1) is 7.02. The number of hydrogen-bond acceptors (Lipinski definition) is 2. The molecule has 15 heavy (non-hydrogen) atoms. The van der Waals surface area contributed by atoms with Gasteiger partial charge in [0.15, 0.2) is 0 Å². The Bertz CT molecular complexity index is 364. The van der Waals surface area contributed by atoms with Gasteiger partial charge in [0.1, 0.15) is 5.82 Å². The molecule has 0 aliphatic rings. The molecule has 82 valence electrons. The van der Waals surface area contributed by atoms with Crippen molar-refractivity contribution in [3.8, 4) is 0 Å². The summed E-state index contributed by atoms with van der Waals surface area (Å²) in [4.78, 5) is 11.5. The van der Waals surface area contributed by atoms with Crippen LogP contribution in [0, 0.1) is 12.7 Å². The molecule has 0 saturated heterocycles. The van der Waals surface area contributed by atoms with Crippen molar-refractivity contribution < 1.29 is 14.3 Å². The smallest absolute Gasteiger partial charge is 0.254 e. The van der Waals surface area contributed by atoms with Gasteiger partial charge in [0, 0.05) is 6.54 Å². The van der Waals surface area contributed by atoms with Crippen LogP contribution in [0.5, 0.6) is 0 Å². The van der Waals surface area contributed by atoms with Gasteiger partial charge >= 0.3 is 0 Å². The highest BCUT2D eigenvalue weighted by Crippen LogP contribution is 2.11. The summed E-state index contributed by atoms with van der Waals surface area (Å²) in [6.07, 6.45) is -0.637. The number of amides is 1. The first kappa shape index (κ1) is 11.7. The number of carbonyl (C=O) groups is 1. The maximum atomic E-state index is 13.5. The van der Waals surface area contributed by atoms with Crippen LogP contribution in [0.3, 0.4) is 0 Å². The molecule has 0 spiro atoms. The van der Waals surface area contributed by atoms with E-state index < -0.39 is 17.8 Å². The van der Waals surface area contributed by atoms with Crippen LogP contribution in [0.2, 0.25) is 0 Å². The number of aryl methyl sites for hydroxylation is 1. The number of halogens is 1. The van der Waals surface area contributed by atoms with Crippen LogP contribution in [0.4, 0.5) is 4.39 Å². The minimum atomic E-state index is -0.637. The summed E-state index contributed by atoms with van der Waals surface area (Å²) in [5.74, 6) is -1.02. The van der Waals surface area contributed by atoms with Crippen LogP contribution in [0.15, 0.2) is 18.2 Å². The molecule has 0 heterocycles. The molecule has 1 rings (SSSR count). The molecule has 0 aromatic heterocycles. The van der Waals surface area contributed by atoms with Gasteiger partial charge in [-0.2, -0.15) is 0 Å². The summed E-state index contributed by atoms with van der Waals surface area (Å²) in [6.45, 7) is 3.26. The molecule has 0 aliphatic carbocycles. The van der Waals surface area contributed by atoms with E-state index in [2.05, 4.69) is 5.32 Å². The van der Waals surface area contributed by atoms with E-state index >= 15 is 0 Å². The van der Waals surface area contributed by atoms with Gasteiger partial charge in [0.2, 0.25) is 0 Å². The molecule has 1 aromatic rings. The second kappa shape index (κ2) is 4.89. The topological polar surface area (TPSA) is 49.3 Å². The zero-order chi connectivity index (χ0) is 11.4. The Kier molecular flexibility index (Phi) is 3.80. The van der Waals surface area contributed by atoms with Crippen molar-refractivity contribution in [3.05, 3.63) is 35.1 Å². The first-order valence-electron chi connectivity index (χ1n) is 4.73. The average molecular weight is 211 g/mol. The Morgan fingerprint density at radius 1 is 1.60 bits per heavy atom. The predicted octanol–water partition coefficient (Wildman–Crippen LogP) is 1.24. The summed E-state index contributed by atoms with van der Waals surface area (Å²) >= 11 is 0. The Morgan fingerprint density at radius 2 is 2.27 bits per heavy atom. The fourth-order valence-electron chi connectivity index (χ4n) is 1.16. The first-order valence-corrected chi connectivity index (χ1v) is 4.73. The lowest BCUT2D eigenvalue weighted by molar-refractivity contribution is 0.0920. The molecule has 0 radical (unpaired) electrons. The molecule has 0 fully saturated rings. The lowest BCUT2D eigenvalue weighted by Gasteiger charge is -2.08. The van der Waals surface area contributed by atoms with Gasteiger partial charge in [-0.1, -0.05) is 12.1 Å². The number of hydrogen-bond donors (Lipinski definition) is 2. The fraction of sp³-hybridized carbons (Fsp3) is 0.364. The van der Waals surface area contributed by atoms with E-state index in [-0.39, 0.29) is 12.1 Å². The molecule has 4 heteroatoms. The van der Waals surface area contributed by atoms with E-state index in [1.54, 1.807) is 26.0 Å². The van der Waals surface area contributed by atoms with Gasteiger partial charge in [-0.25, -0.2) is 4.39 Å². The van der Waals surface area contributed by atoms with Crippen molar-refractivity contribution in [1.82, 2.24) is 5.32 Å². The molecule has 0 bridgehead atoms. The molecule has 0 unspecified atom stereocenters. The van der Waals surface area contributed by atoms with Crippen molar-refractivity contribution in [3.63, 3.8) is 0 Å². The van der Waals surface area contributed by atoms with E-state index in [1.807, 2.05) is 0 Å². The number of aliphatic hydroxyl groups excluding tert-OH is 1. The molecule has 0 aliphatic heterocycles. The Balaban J connectivity index is 2.78. The summed E-state index contributed by atoms with van der Waals surface area (Å²) in [6, 6.07) is 4.64. The van der Waals surface area contributed by atoms with Crippen molar-refractivity contribution in [2.24, 2.45) is 0 Å². The molecule has 1 amide bonds. The van der Waals surface area contributed by atoms with Gasteiger partial charge in [0.05, 0.1) is 11.7 Å². The van der Waals surface area contributed by atoms with Crippen LogP contribution >= 0.6 is 0 Å². The van der Waals surface area contributed by atoms with Crippen LogP contribution in [-0.2, 0) is 0 Å². The van der Waals surface area contributed by atoms with Gasteiger partial charge in [-0.05, 0) is 25.5 Å². The fourth-order valence-corrected chi connectivity index (χ4v) is 1.16. The van der Waals surface area contributed by atoms with Gasteiger partial charge in [0.25, 0.3) is 5.91 Å². The van der Waals surface area contributed by atoms with Crippen molar-refractivity contribution in [2.45, 2.75) is 20.0 Å². The molecular weight excluding hydrogens is 197 g/mol. The second-order valence-electron chi connectivity index (χ2n) is 3.50. The van der Waals surface area contributed by atoms with Crippen molar-refractivity contribution in [1.29, 1.82) is 0 Å². The Morgan fingerprint density at radius 3 is 2.87 bits per heavy atom. The van der Waals surface area contributed by atoms with E-state index in [9.17, 15) is 9.18 Å². The standard InChI is InChI=1S/C11H14FNO2/c1-7-4-3-5-9(10(7)12)11(15)13-6-8(2)14/h3-5,8,14H,6H2,1-2H3,(H,13,15)/t8-/m1/s1.